The first-order valence-corrected chi connectivity index (χ1v) is 7.00. The summed E-state index contributed by atoms with van der Waals surface area (Å²) >= 11 is 0. The highest BCUT2D eigenvalue weighted by atomic mass is 16.5. The molecular weight excluding hydrogens is 288 g/mol. The highest BCUT2D eigenvalue weighted by Gasteiger charge is 2.37. The summed E-state index contributed by atoms with van der Waals surface area (Å²) in [6.07, 6.45) is 0. The number of carbonyl (C=O) groups excluding carboxylic acids is 4. The van der Waals surface area contributed by atoms with Gasteiger partial charge in [-0.2, -0.15) is 0 Å². The van der Waals surface area contributed by atoms with Crippen molar-refractivity contribution in [1.29, 1.82) is 0 Å². The third-order valence-electron chi connectivity index (χ3n) is 3.87. The van der Waals surface area contributed by atoms with Crippen LogP contribution in [0.5, 0.6) is 0 Å². The fraction of sp³-hybridized carbons (Fsp3) is 0.600. The predicted molar refractivity (Wildman–Crippen MR) is 78.5 cm³/mol. The van der Waals surface area contributed by atoms with Crippen LogP contribution in [-0.2, 0) is 23.9 Å². The van der Waals surface area contributed by atoms with Gasteiger partial charge in [-0.05, 0) is 19.8 Å². The molecule has 0 unspecified atom stereocenters. The van der Waals surface area contributed by atoms with Gasteiger partial charge < -0.3 is 9.64 Å². The van der Waals surface area contributed by atoms with Gasteiger partial charge in [0.05, 0.1) is 7.11 Å². The molecule has 0 bridgehead atoms. The minimum atomic E-state index is -0.763. The average molecular weight is 310 g/mol. The van der Waals surface area contributed by atoms with Crippen LogP contribution >= 0.6 is 0 Å². The fourth-order valence-corrected chi connectivity index (χ4v) is 2.36. The molecular formula is C15H22N2O5. The highest BCUT2D eigenvalue weighted by Crippen LogP contribution is 2.20. The van der Waals surface area contributed by atoms with E-state index in [-0.39, 0.29) is 12.5 Å². The molecule has 7 nitrogen and oxygen atoms in total. The van der Waals surface area contributed by atoms with E-state index in [1.807, 2.05) is 0 Å². The lowest BCUT2D eigenvalue weighted by atomic mass is 10.0. The van der Waals surface area contributed by atoms with Gasteiger partial charge in [-0.15, -0.1) is 0 Å². The third-order valence-corrected chi connectivity index (χ3v) is 3.87. The Bertz CT molecular complexity index is 526. The van der Waals surface area contributed by atoms with Gasteiger partial charge in [0.2, 0.25) is 5.91 Å². The Morgan fingerprint density at radius 3 is 1.95 bits per heavy atom. The number of imide groups is 1. The Kier molecular flexibility index (Phi) is 5.46. The fourth-order valence-electron chi connectivity index (χ4n) is 2.36. The van der Waals surface area contributed by atoms with E-state index in [4.69, 9.17) is 4.74 Å². The van der Waals surface area contributed by atoms with Crippen molar-refractivity contribution in [3.63, 3.8) is 0 Å². The van der Waals surface area contributed by atoms with Crippen LogP contribution in [0.15, 0.2) is 11.1 Å². The van der Waals surface area contributed by atoms with Crippen LogP contribution in [0, 0.1) is 5.92 Å². The van der Waals surface area contributed by atoms with Gasteiger partial charge in [0, 0.05) is 18.2 Å². The smallest absolute Gasteiger partial charge is 0.328 e. The number of likely N-dealkylation sites (N-methyl/N-ethyl adjacent to an activating group) is 1. The molecule has 1 atom stereocenters. The van der Waals surface area contributed by atoms with Gasteiger partial charge in [-0.3, -0.25) is 19.3 Å². The standard InChI is InChI=1S/C15H22N2O5/c1-8(2)12(15(21)22-6)16(5)11(18)7-17-13(19)9(3)10(4)14(17)20/h8,12H,7H2,1-6H3/t12-/m0/s1. The van der Waals surface area contributed by atoms with E-state index in [0.717, 1.165) is 4.90 Å². The lowest BCUT2D eigenvalue weighted by Crippen LogP contribution is -2.50. The second kappa shape index (κ2) is 6.72. The van der Waals surface area contributed by atoms with Gasteiger partial charge in [0.1, 0.15) is 12.6 Å². The Labute approximate surface area is 129 Å². The lowest BCUT2D eigenvalue weighted by Gasteiger charge is -2.30. The van der Waals surface area contributed by atoms with Crippen molar-refractivity contribution < 1.29 is 23.9 Å². The molecule has 0 aliphatic carbocycles. The van der Waals surface area contributed by atoms with Gasteiger partial charge in [-0.25, -0.2) is 4.79 Å². The van der Waals surface area contributed by atoms with Gasteiger partial charge in [0.15, 0.2) is 0 Å². The van der Waals surface area contributed by atoms with Crippen molar-refractivity contribution >= 4 is 23.7 Å². The van der Waals surface area contributed by atoms with Crippen LogP contribution in [0.1, 0.15) is 27.7 Å². The van der Waals surface area contributed by atoms with E-state index in [9.17, 15) is 19.2 Å². The van der Waals surface area contributed by atoms with Gasteiger partial charge in [0.25, 0.3) is 11.8 Å². The number of methoxy groups -OCH3 is 1. The summed E-state index contributed by atoms with van der Waals surface area (Å²) in [5, 5.41) is 0. The SMILES string of the molecule is COC(=O)[C@H](C(C)C)N(C)C(=O)CN1C(=O)C(C)=C(C)C1=O. The van der Waals surface area contributed by atoms with Gasteiger partial charge in [-0.1, -0.05) is 13.8 Å². The third kappa shape index (κ3) is 3.18. The Morgan fingerprint density at radius 2 is 1.59 bits per heavy atom. The minimum Gasteiger partial charge on any atom is -0.467 e. The first kappa shape index (κ1) is 17.9. The first-order chi connectivity index (χ1) is 10.1. The highest BCUT2D eigenvalue weighted by molar-refractivity contribution is 6.19. The monoisotopic (exact) mass is 310 g/mol. The van der Waals surface area contributed by atoms with Crippen LogP contribution in [0.4, 0.5) is 0 Å². The molecule has 0 aromatic heterocycles. The Balaban J connectivity index is 2.87. The van der Waals surface area contributed by atoms with Crippen molar-refractivity contribution in [3.05, 3.63) is 11.1 Å². The summed E-state index contributed by atoms with van der Waals surface area (Å²) in [6.45, 7) is 6.29. The number of hydrogen-bond donors (Lipinski definition) is 0. The molecule has 1 heterocycles. The van der Waals surface area contributed by atoms with E-state index in [2.05, 4.69) is 0 Å². The summed E-state index contributed by atoms with van der Waals surface area (Å²) in [7, 11) is 2.71. The molecule has 0 saturated carbocycles. The van der Waals surface area contributed by atoms with Crippen LogP contribution < -0.4 is 0 Å². The Morgan fingerprint density at radius 1 is 1.14 bits per heavy atom. The first-order valence-electron chi connectivity index (χ1n) is 7.00. The molecule has 0 saturated heterocycles. The summed E-state index contributed by atoms with van der Waals surface area (Å²) in [5.41, 5.74) is 0.683. The van der Waals surface area contributed by atoms with E-state index < -0.39 is 29.7 Å². The van der Waals surface area contributed by atoms with Crippen LogP contribution in [-0.4, -0.2) is 60.2 Å². The van der Waals surface area contributed by atoms with E-state index >= 15 is 0 Å². The number of esters is 1. The van der Waals surface area contributed by atoms with Crippen LogP contribution in [0.3, 0.4) is 0 Å². The van der Waals surface area contributed by atoms with Crippen LogP contribution in [0.2, 0.25) is 0 Å². The molecule has 1 aliphatic rings. The van der Waals surface area contributed by atoms with E-state index in [0.29, 0.717) is 11.1 Å². The molecule has 0 aromatic rings. The van der Waals surface area contributed by atoms with Crippen molar-refractivity contribution in [2.45, 2.75) is 33.7 Å². The van der Waals surface area contributed by atoms with Gasteiger partial charge >= 0.3 is 5.97 Å². The molecule has 7 heteroatoms. The number of ether oxygens (including phenoxy) is 1. The molecule has 0 spiro atoms. The molecule has 22 heavy (non-hydrogen) atoms. The maximum absolute atomic E-state index is 12.3. The molecule has 3 amide bonds. The summed E-state index contributed by atoms with van der Waals surface area (Å²) in [6, 6.07) is -0.763. The zero-order valence-electron chi connectivity index (χ0n) is 13.8. The largest absolute Gasteiger partial charge is 0.467 e. The maximum atomic E-state index is 12.3. The molecule has 0 fully saturated rings. The molecule has 1 aliphatic heterocycles. The Hall–Kier alpha value is -2.18. The number of hydrogen-bond acceptors (Lipinski definition) is 5. The quantitative estimate of drug-likeness (QED) is 0.540. The van der Waals surface area contributed by atoms with Crippen molar-refractivity contribution in [2.24, 2.45) is 5.92 Å². The van der Waals surface area contributed by atoms with E-state index in [1.54, 1.807) is 27.7 Å². The minimum absolute atomic E-state index is 0.159. The van der Waals surface area contributed by atoms with Crippen molar-refractivity contribution in [1.82, 2.24) is 9.80 Å². The second-order valence-electron chi connectivity index (χ2n) is 5.66. The lowest BCUT2D eigenvalue weighted by molar-refractivity contribution is -0.155. The van der Waals surface area contributed by atoms with Crippen molar-refractivity contribution in [2.75, 3.05) is 20.7 Å². The maximum Gasteiger partial charge on any atom is 0.328 e. The number of nitrogens with zero attached hydrogens (tertiary/aromatic N) is 2. The number of carbonyl (C=O) groups is 4. The zero-order valence-corrected chi connectivity index (χ0v) is 13.8. The second-order valence-corrected chi connectivity index (χ2v) is 5.66. The van der Waals surface area contributed by atoms with Crippen LogP contribution in [0.25, 0.3) is 0 Å². The van der Waals surface area contributed by atoms with E-state index in [1.165, 1.54) is 19.1 Å². The average Bonchev–Trinajstić information content (AvgIpc) is 2.64. The molecule has 0 N–H and O–H groups in total. The normalized spacial score (nSPS) is 16.4. The predicted octanol–water partition coefficient (Wildman–Crippen LogP) is 0.348. The molecule has 122 valence electrons. The topological polar surface area (TPSA) is 84.0 Å². The van der Waals surface area contributed by atoms with Crippen molar-refractivity contribution in [3.8, 4) is 0 Å². The molecule has 0 radical (unpaired) electrons. The summed E-state index contributed by atoms with van der Waals surface area (Å²) in [4.78, 5) is 50.2. The molecule has 1 rings (SSSR count). The number of amides is 3. The summed E-state index contributed by atoms with van der Waals surface area (Å²) < 4.78 is 4.70. The number of rotatable bonds is 5. The summed E-state index contributed by atoms with van der Waals surface area (Å²) in [5.74, 6) is -2.12. The molecule has 0 aromatic carbocycles. The zero-order chi connectivity index (χ0) is 17.2.